The molecule has 0 saturated carbocycles. The van der Waals surface area contributed by atoms with Crippen LogP contribution in [-0.2, 0) is 4.79 Å². The number of nitrogens with two attached hydrogens (primary N) is 2. The molecule has 0 radical (unpaired) electrons. The minimum atomic E-state index is -0.801. The van der Waals surface area contributed by atoms with Gasteiger partial charge in [-0.3, -0.25) is 14.2 Å². The van der Waals surface area contributed by atoms with Crippen molar-refractivity contribution in [2.45, 2.75) is 5.92 Å². The molecule has 9 heteroatoms. The molecule has 2 aromatic carbocycles. The zero-order valence-corrected chi connectivity index (χ0v) is 18.7. The standard InChI is InChI=1S/C24H20N4O4S/c1-31-15-7-3-13(4-8-15)11-18-23(30)28-21(26)17(12-25)19(20(22(27)29)24(28)33-18)14-5-9-16(32-2)10-6-14/h3-11,19H,26H2,1-2H3,(H2,27,29)/b18-11-/t19-/m1/s1. The van der Waals surface area contributed by atoms with Crippen LogP contribution in [0.5, 0.6) is 11.5 Å². The normalized spacial score (nSPS) is 15.7. The lowest BCUT2D eigenvalue weighted by atomic mass is 9.83. The molecule has 1 atom stereocenters. The number of fused-ring (bicyclic) bond motifs is 1. The van der Waals surface area contributed by atoms with Crippen molar-refractivity contribution in [2.75, 3.05) is 14.2 Å². The van der Waals surface area contributed by atoms with Crippen LogP contribution in [0.15, 0.2) is 58.9 Å². The third kappa shape index (κ3) is 3.77. The van der Waals surface area contributed by atoms with Gasteiger partial charge in [-0.25, -0.2) is 0 Å². The fraction of sp³-hybridized carbons (Fsp3) is 0.125. The fourth-order valence-corrected chi connectivity index (χ4v) is 4.95. The van der Waals surface area contributed by atoms with Gasteiger partial charge in [0.2, 0.25) is 5.91 Å². The highest BCUT2D eigenvalue weighted by atomic mass is 32.1. The van der Waals surface area contributed by atoms with Gasteiger partial charge < -0.3 is 20.9 Å². The van der Waals surface area contributed by atoms with Gasteiger partial charge in [0.15, 0.2) is 0 Å². The van der Waals surface area contributed by atoms with Gasteiger partial charge in [0, 0.05) is 0 Å². The number of rotatable bonds is 5. The Morgan fingerprint density at radius 3 is 2.18 bits per heavy atom. The highest BCUT2D eigenvalue weighted by Crippen LogP contribution is 2.36. The van der Waals surface area contributed by atoms with Crippen LogP contribution in [0.1, 0.15) is 17.0 Å². The van der Waals surface area contributed by atoms with Crippen LogP contribution in [0.4, 0.5) is 0 Å². The van der Waals surface area contributed by atoms with Crippen LogP contribution in [0, 0.1) is 11.3 Å². The van der Waals surface area contributed by atoms with Crippen molar-refractivity contribution >= 4 is 34.7 Å². The molecular formula is C24H20N4O4S. The first-order chi connectivity index (χ1) is 15.9. The lowest BCUT2D eigenvalue weighted by Gasteiger charge is -2.24. The second kappa shape index (κ2) is 8.68. The number of nitriles is 1. The van der Waals surface area contributed by atoms with E-state index < -0.39 is 17.4 Å². The Bertz CT molecular complexity index is 1490. The first kappa shape index (κ1) is 21.9. The molecule has 0 bridgehead atoms. The van der Waals surface area contributed by atoms with Gasteiger partial charge in [-0.15, -0.1) is 11.3 Å². The quantitative estimate of drug-likeness (QED) is 0.580. The number of hydrogen-bond donors (Lipinski definition) is 2. The molecule has 0 unspecified atom stereocenters. The molecule has 0 fully saturated rings. The maximum atomic E-state index is 13.2. The molecule has 3 aromatic rings. The molecule has 4 N–H and O–H groups in total. The third-order valence-electron chi connectivity index (χ3n) is 5.40. The van der Waals surface area contributed by atoms with Crippen LogP contribution < -0.4 is 35.7 Å². The third-order valence-corrected chi connectivity index (χ3v) is 6.51. The highest BCUT2D eigenvalue weighted by molar-refractivity contribution is 7.07. The predicted octanol–water partition coefficient (Wildman–Crippen LogP) is 0.840. The number of thiazole rings is 1. The zero-order valence-electron chi connectivity index (χ0n) is 17.9. The van der Waals surface area contributed by atoms with Crippen LogP contribution in [-0.4, -0.2) is 24.7 Å². The maximum absolute atomic E-state index is 13.2. The smallest absolute Gasteiger partial charge is 0.274 e. The number of aromatic nitrogens is 1. The van der Waals surface area contributed by atoms with Crippen LogP contribution in [0.2, 0.25) is 0 Å². The molecule has 1 aliphatic rings. The molecule has 8 nitrogen and oxygen atoms in total. The number of nitrogens with zero attached hydrogens (tertiary/aromatic N) is 2. The van der Waals surface area contributed by atoms with E-state index in [1.54, 1.807) is 68.8 Å². The first-order valence-corrected chi connectivity index (χ1v) is 10.7. The van der Waals surface area contributed by atoms with Crippen LogP contribution >= 0.6 is 11.3 Å². The number of amides is 1. The summed E-state index contributed by atoms with van der Waals surface area (Å²) in [5, 5.41) is 9.89. The number of hydrogen-bond acceptors (Lipinski definition) is 7. The molecule has 0 spiro atoms. The second-order valence-electron chi connectivity index (χ2n) is 7.22. The van der Waals surface area contributed by atoms with Gasteiger partial charge >= 0.3 is 0 Å². The second-order valence-corrected chi connectivity index (χ2v) is 8.25. The molecule has 33 heavy (non-hydrogen) atoms. The van der Waals surface area contributed by atoms with Crippen molar-refractivity contribution in [3.05, 3.63) is 84.8 Å². The maximum Gasteiger partial charge on any atom is 0.274 e. The van der Waals surface area contributed by atoms with E-state index in [0.717, 1.165) is 16.9 Å². The summed E-state index contributed by atoms with van der Waals surface area (Å²) in [4.78, 5) is 25.8. The largest absolute Gasteiger partial charge is 0.497 e. The minimum absolute atomic E-state index is 0.0195. The van der Waals surface area contributed by atoms with Gasteiger partial charge in [-0.1, -0.05) is 24.3 Å². The number of carbonyl (C=O) groups excluding carboxylic acids is 1. The van der Waals surface area contributed by atoms with E-state index in [1.807, 2.05) is 0 Å². The summed E-state index contributed by atoms with van der Waals surface area (Å²) in [7, 11) is 3.11. The minimum Gasteiger partial charge on any atom is -0.497 e. The van der Waals surface area contributed by atoms with E-state index >= 15 is 0 Å². The molecular weight excluding hydrogens is 440 g/mol. The van der Waals surface area contributed by atoms with E-state index in [9.17, 15) is 14.9 Å². The van der Waals surface area contributed by atoms with E-state index in [2.05, 4.69) is 6.07 Å². The molecule has 0 saturated heterocycles. The fourth-order valence-electron chi connectivity index (χ4n) is 3.77. The van der Waals surface area contributed by atoms with E-state index in [-0.39, 0.29) is 17.0 Å². The summed E-state index contributed by atoms with van der Waals surface area (Å²) >= 11 is 1.10. The summed E-state index contributed by atoms with van der Waals surface area (Å²) in [6, 6.07) is 16.2. The van der Waals surface area contributed by atoms with Crippen molar-refractivity contribution in [2.24, 2.45) is 11.5 Å². The average Bonchev–Trinajstić information content (AvgIpc) is 3.15. The average molecular weight is 461 g/mol. The molecule has 166 valence electrons. The molecule has 2 heterocycles. The highest BCUT2D eigenvalue weighted by Gasteiger charge is 2.34. The van der Waals surface area contributed by atoms with Gasteiger partial charge in [0.1, 0.15) is 22.0 Å². The molecule has 1 amide bonds. The first-order valence-electron chi connectivity index (χ1n) is 9.85. The van der Waals surface area contributed by atoms with Crippen molar-refractivity contribution in [1.29, 1.82) is 5.26 Å². The van der Waals surface area contributed by atoms with E-state index in [4.69, 9.17) is 20.9 Å². The van der Waals surface area contributed by atoms with Crippen molar-refractivity contribution in [3.8, 4) is 17.6 Å². The SMILES string of the molecule is COc1ccc(/C=c2\sc3n(c2=O)C(N)=C(C#N)[C@@H](c2ccc(OC)cc2)C=3C(N)=O)cc1. The Morgan fingerprint density at radius 1 is 1.09 bits per heavy atom. The Morgan fingerprint density at radius 2 is 1.67 bits per heavy atom. The summed E-state index contributed by atoms with van der Waals surface area (Å²) in [5.41, 5.74) is 13.3. The number of carbonyl (C=O) groups is 1. The Labute approximate surface area is 192 Å². The van der Waals surface area contributed by atoms with Crippen molar-refractivity contribution in [1.82, 2.24) is 4.57 Å². The Kier molecular flexibility index (Phi) is 5.77. The van der Waals surface area contributed by atoms with Gasteiger partial charge in [-0.2, -0.15) is 5.26 Å². The number of ether oxygens (including phenoxy) is 2. The van der Waals surface area contributed by atoms with Crippen LogP contribution in [0.3, 0.4) is 0 Å². The van der Waals surface area contributed by atoms with Gasteiger partial charge in [-0.05, 0) is 41.5 Å². The van der Waals surface area contributed by atoms with Crippen LogP contribution in [0.25, 0.3) is 17.5 Å². The van der Waals surface area contributed by atoms with E-state index in [0.29, 0.717) is 26.3 Å². The monoisotopic (exact) mass is 460 g/mol. The summed E-state index contributed by atoms with van der Waals surface area (Å²) in [5.74, 6) is -0.247. The Hall–Kier alpha value is -4.29. The van der Waals surface area contributed by atoms with Gasteiger partial charge in [0.25, 0.3) is 5.56 Å². The van der Waals surface area contributed by atoms with Crippen molar-refractivity contribution in [3.63, 3.8) is 0 Å². The number of benzene rings is 2. The number of methoxy groups -OCH3 is 2. The number of primary amides is 1. The summed E-state index contributed by atoms with van der Waals surface area (Å²) in [6.07, 6.45) is 1.69. The lowest BCUT2D eigenvalue weighted by molar-refractivity contribution is -0.113. The molecule has 0 aliphatic carbocycles. The summed E-state index contributed by atoms with van der Waals surface area (Å²) in [6.45, 7) is 0. The summed E-state index contributed by atoms with van der Waals surface area (Å²) < 4.78 is 12.2. The lowest BCUT2D eigenvalue weighted by Crippen LogP contribution is -2.41. The zero-order chi connectivity index (χ0) is 23.7. The Balaban J connectivity index is 2.01. The predicted molar refractivity (Wildman–Crippen MR) is 126 cm³/mol. The number of allylic oxidation sites excluding steroid dienone is 1. The van der Waals surface area contributed by atoms with Crippen molar-refractivity contribution < 1.29 is 14.3 Å². The van der Waals surface area contributed by atoms with E-state index in [1.165, 1.54) is 4.57 Å². The molecule has 1 aliphatic heterocycles. The molecule has 4 rings (SSSR count). The molecule has 1 aromatic heterocycles. The van der Waals surface area contributed by atoms with Gasteiger partial charge in [0.05, 0.1) is 41.9 Å². The topological polar surface area (TPSA) is 133 Å².